The number of hydrogen-bond donors (Lipinski definition) is 1. The molecule has 1 atom stereocenters. The molecule has 0 aliphatic carbocycles. The summed E-state index contributed by atoms with van der Waals surface area (Å²) in [5.41, 5.74) is 2.45. The Kier molecular flexibility index (Phi) is 4.36. The highest BCUT2D eigenvalue weighted by Gasteiger charge is 2.23. The topological polar surface area (TPSA) is 21.3 Å². The molecule has 0 spiro atoms. The number of aryl methyl sites for hydroxylation is 2. The summed E-state index contributed by atoms with van der Waals surface area (Å²) in [5.74, 6) is 0.961. The van der Waals surface area contributed by atoms with Gasteiger partial charge in [0.2, 0.25) is 0 Å². The van der Waals surface area contributed by atoms with E-state index >= 15 is 0 Å². The van der Waals surface area contributed by atoms with Gasteiger partial charge in [-0.3, -0.25) is 0 Å². The van der Waals surface area contributed by atoms with Crippen LogP contribution in [0.2, 0.25) is 0 Å². The molecule has 0 bridgehead atoms. The van der Waals surface area contributed by atoms with Crippen molar-refractivity contribution in [2.75, 3.05) is 13.6 Å². The molecule has 0 amide bonds. The van der Waals surface area contributed by atoms with Crippen LogP contribution in [0.15, 0.2) is 18.2 Å². The Morgan fingerprint density at radius 3 is 2.44 bits per heavy atom. The van der Waals surface area contributed by atoms with E-state index in [0.717, 1.165) is 18.7 Å². The fraction of sp³-hybridized carbons (Fsp3) is 0.571. The number of rotatable bonds is 5. The SMILES string of the molecule is CCC(C)(CNC)Oc1ccc(C)c(C)c1. The Morgan fingerprint density at radius 1 is 1.25 bits per heavy atom. The van der Waals surface area contributed by atoms with Gasteiger partial charge < -0.3 is 10.1 Å². The van der Waals surface area contributed by atoms with Gasteiger partial charge in [0.15, 0.2) is 0 Å². The van der Waals surface area contributed by atoms with Crippen LogP contribution in [0.4, 0.5) is 0 Å². The number of nitrogens with one attached hydrogen (secondary N) is 1. The fourth-order valence-electron chi connectivity index (χ4n) is 1.67. The van der Waals surface area contributed by atoms with E-state index in [1.165, 1.54) is 11.1 Å². The molecule has 1 rings (SSSR count). The molecule has 16 heavy (non-hydrogen) atoms. The highest BCUT2D eigenvalue weighted by atomic mass is 16.5. The van der Waals surface area contributed by atoms with Gasteiger partial charge in [0.1, 0.15) is 11.4 Å². The van der Waals surface area contributed by atoms with Crippen LogP contribution in [-0.4, -0.2) is 19.2 Å². The van der Waals surface area contributed by atoms with E-state index in [-0.39, 0.29) is 5.60 Å². The van der Waals surface area contributed by atoms with Crippen LogP contribution < -0.4 is 10.1 Å². The molecule has 1 N–H and O–H groups in total. The first-order valence-electron chi connectivity index (χ1n) is 5.91. The van der Waals surface area contributed by atoms with Crippen molar-refractivity contribution in [3.05, 3.63) is 29.3 Å². The molecule has 0 aliphatic rings. The molecule has 1 unspecified atom stereocenters. The van der Waals surface area contributed by atoms with Crippen molar-refractivity contribution in [2.45, 2.75) is 39.7 Å². The third-order valence-corrected chi connectivity index (χ3v) is 3.14. The highest BCUT2D eigenvalue weighted by molar-refractivity contribution is 5.34. The maximum Gasteiger partial charge on any atom is 0.120 e. The molecule has 2 nitrogen and oxygen atoms in total. The predicted molar refractivity (Wildman–Crippen MR) is 69.2 cm³/mol. The summed E-state index contributed by atoms with van der Waals surface area (Å²) in [6.07, 6.45) is 0.987. The molecule has 0 radical (unpaired) electrons. The van der Waals surface area contributed by atoms with Crippen molar-refractivity contribution in [3.8, 4) is 5.75 Å². The van der Waals surface area contributed by atoms with E-state index in [0.29, 0.717) is 0 Å². The minimum absolute atomic E-state index is 0.129. The number of likely N-dealkylation sites (N-methyl/N-ethyl adjacent to an activating group) is 1. The number of hydrogen-bond acceptors (Lipinski definition) is 2. The molecule has 1 aromatic rings. The average Bonchev–Trinajstić information content (AvgIpc) is 2.24. The molecule has 0 saturated carbocycles. The van der Waals surface area contributed by atoms with E-state index in [9.17, 15) is 0 Å². The van der Waals surface area contributed by atoms with Crippen LogP contribution >= 0.6 is 0 Å². The van der Waals surface area contributed by atoms with Crippen molar-refractivity contribution in [2.24, 2.45) is 0 Å². The summed E-state index contributed by atoms with van der Waals surface area (Å²) >= 11 is 0. The predicted octanol–water partition coefficient (Wildman–Crippen LogP) is 3.07. The van der Waals surface area contributed by atoms with Gasteiger partial charge in [-0.05, 0) is 57.5 Å². The summed E-state index contributed by atoms with van der Waals surface area (Å²) in [6.45, 7) is 9.38. The maximum atomic E-state index is 6.06. The second kappa shape index (κ2) is 5.35. The van der Waals surface area contributed by atoms with E-state index < -0.39 is 0 Å². The molecule has 0 aromatic heterocycles. The van der Waals surface area contributed by atoms with Crippen molar-refractivity contribution >= 4 is 0 Å². The lowest BCUT2D eigenvalue weighted by atomic mass is 10.0. The monoisotopic (exact) mass is 221 g/mol. The van der Waals surface area contributed by atoms with Gasteiger partial charge in [-0.2, -0.15) is 0 Å². The highest BCUT2D eigenvalue weighted by Crippen LogP contribution is 2.23. The van der Waals surface area contributed by atoms with Crippen LogP contribution in [0.3, 0.4) is 0 Å². The smallest absolute Gasteiger partial charge is 0.120 e. The lowest BCUT2D eigenvalue weighted by Crippen LogP contribution is -2.41. The summed E-state index contributed by atoms with van der Waals surface area (Å²) in [7, 11) is 1.96. The molecule has 0 fully saturated rings. The fourth-order valence-corrected chi connectivity index (χ4v) is 1.67. The lowest BCUT2D eigenvalue weighted by Gasteiger charge is -2.29. The maximum absolute atomic E-state index is 6.06. The number of ether oxygens (including phenoxy) is 1. The summed E-state index contributed by atoms with van der Waals surface area (Å²) in [5, 5.41) is 3.18. The Labute approximate surface area is 99.0 Å². The summed E-state index contributed by atoms with van der Waals surface area (Å²) < 4.78 is 6.06. The second-order valence-corrected chi connectivity index (χ2v) is 4.68. The molecule has 2 heteroatoms. The molecule has 90 valence electrons. The van der Waals surface area contributed by atoms with Crippen molar-refractivity contribution in [1.29, 1.82) is 0 Å². The van der Waals surface area contributed by atoms with Gasteiger partial charge in [-0.15, -0.1) is 0 Å². The Balaban J connectivity index is 2.81. The van der Waals surface area contributed by atoms with Gasteiger partial charge in [-0.1, -0.05) is 13.0 Å². The Morgan fingerprint density at radius 2 is 1.94 bits per heavy atom. The van der Waals surface area contributed by atoms with E-state index in [2.05, 4.69) is 45.1 Å². The zero-order valence-electron chi connectivity index (χ0n) is 11.1. The van der Waals surface area contributed by atoms with E-state index in [4.69, 9.17) is 4.74 Å². The molecule has 0 saturated heterocycles. The van der Waals surface area contributed by atoms with Gasteiger partial charge in [0.05, 0.1) is 0 Å². The van der Waals surface area contributed by atoms with Crippen LogP contribution in [0.25, 0.3) is 0 Å². The average molecular weight is 221 g/mol. The van der Waals surface area contributed by atoms with Gasteiger partial charge >= 0.3 is 0 Å². The van der Waals surface area contributed by atoms with Crippen molar-refractivity contribution in [1.82, 2.24) is 5.32 Å². The lowest BCUT2D eigenvalue weighted by molar-refractivity contribution is 0.0857. The molecule has 1 aromatic carbocycles. The largest absolute Gasteiger partial charge is 0.486 e. The molecule has 0 aliphatic heterocycles. The zero-order chi connectivity index (χ0) is 12.2. The Hall–Kier alpha value is -1.02. The molecular weight excluding hydrogens is 198 g/mol. The van der Waals surface area contributed by atoms with Crippen molar-refractivity contribution < 1.29 is 4.74 Å². The van der Waals surface area contributed by atoms with Crippen molar-refractivity contribution in [3.63, 3.8) is 0 Å². The first-order chi connectivity index (χ1) is 7.50. The first-order valence-corrected chi connectivity index (χ1v) is 5.91. The van der Waals surface area contributed by atoms with Crippen LogP contribution in [0.5, 0.6) is 5.75 Å². The van der Waals surface area contributed by atoms with Crippen LogP contribution in [-0.2, 0) is 0 Å². The standard InChI is InChI=1S/C14H23NO/c1-6-14(4,10-15-5)16-13-8-7-11(2)12(3)9-13/h7-9,15H,6,10H2,1-5H3. The minimum atomic E-state index is -0.129. The first kappa shape index (κ1) is 13.0. The van der Waals surface area contributed by atoms with E-state index in [1.807, 2.05) is 13.1 Å². The van der Waals surface area contributed by atoms with Gasteiger partial charge in [0.25, 0.3) is 0 Å². The molecular formula is C14H23NO. The summed E-state index contributed by atoms with van der Waals surface area (Å²) in [4.78, 5) is 0. The molecule has 0 heterocycles. The number of benzene rings is 1. The third-order valence-electron chi connectivity index (χ3n) is 3.14. The van der Waals surface area contributed by atoms with Crippen LogP contribution in [0.1, 0.15) is 31.4 Å². The Bertz CT molecular complexity index is 349. The third kappa shape index (κ3) is 3.24. The van der Waals surface area contributed by atoms with Crippen LogP contribution in [0, 0.1) is 13.8 Å². The van der Waals surface area contributed by atoms with E-state index in [1.54, 1.807) is 0 Å². The van der Waals surface area contributed by atoms with Gasteiger partial charge in [0, 0.05) is 6.54 Å². The normalized spacial score (nSPS) is 14.6. The quantitative estimate of drug-likeness (QED) is 0.825. The zero-order valence-corrected chi connectivity index (χ0v) is 11.1. The minimum Gasteiger partial charge on any atom is -0.486 e. The summed E-state index contributed by atoms with van der Waals surface area (Å²) in [6, 6.07) is 6.27. The second-order valence-electron chi connectivity index (χ2n) is 4.68. The van der Waals surface area contributed by atoms with Gasteiger partial charge in [-0.25, -0.2) is 0 Å².